The van der Waals surface area contributed by atoms with Gasteiger partial charge in [-0.05, 0) is 74.7 Å². The minimum atomic E-state index is -0.130. The molecule has 0 radical (unpaired) electrons. The lowest BCUT2D eigenvalue weighted by Crippen LogP contribution is -2.48. The molecule has 0 saturated heterocycles. The van der Waals surface area contributed by atoms with Crippen LogP contribution in [0.15, 0.2) is 0 Å². The van der Waals surface area contributed by atoms with Crippen LogP contribution in [0.3, 0.4) is 0 Å². The Morgan fingerprint density at radius 1 is 1.19 bits per heavy atom. The zero-order valence-corrected chi connectivity index (χ0v) is 16.8. The van der Waals surface area contributed by atoms with E-state index in [2.05, 4.69) is 13.8 Å². The number of aryl methyl sites for hydroxylation is 1. The first-order valence-corrected chi connectivity index (χ1v) is 11.0. The maximum absolute atomic E-state index is 12.5. The number of thiophene rings is 1. The van der Waals surface area contributed by atoms with Crippen LogP contribution in [-0.2, 0) is 16.0 Å². The summed E-state index contributed by atoms with van der Waals surface area (Å²) in [5.41, 5.74) is 2.68. The number of ether oxygens (including phenoxy) is 1. The van der Waals surface area contributed by atoms with Gasteiger partial charge in [0.1, 0.15) is 6.10 Å². The molecule has 0 aromatic carbocycles. The minimum Gasteiger partial charge on any atom is -0.462 e. The van der Waals surface area contributed by atoms with Crippen LogP contribution in [-0.4, -0.2) is 17.9 Å². The Kier molecular flexibility index (Phi) is 3.70. The molecule has 140 valence electrons. The summed E-state index contributed by atoms with van der Waals surface area (Å²) in [5.74, 6) is 2.92. The van der Waals surface area contributed by atoms with Crippen LogP contribution >= 0.6 is 11.3 Å². The molecule has 0 spiro atoms. The zero-order valence-electron chi connectivity index (χ0n) is 16.0. The number of Topliss-reactive ketones (excluding diaryl/α,β-unsaturated/α-hetero) is 1. The van der Waals surface area contributed by atoms with Gasteiger partial charge >= 0.3 is 5.97 Å². The van der Waals surface area contributed by atoms with Crippen molar-refractivity contribution in [2.45, 2.75) is 77.7 Å². The molecule has 0 aliphatic heterocycles. The summed E-state index contributed by atoms with van der Waals surface area (Å²) in [6, 6.07) is 0. The second-order valence-electron chi connectivity index (χ2n) is 9.30. The molecule has 6 atom stereocenters. The lowest BCUT2D eigenvalue weighted by molar-refractivity contribution is -0.155. The van der Waals surface area contributed by atoms with Crippen molar-refractivity contribution < 1.29 is 14.3 Å². The van der Waals surface area contributed by atoms with Crippen molar-refractivity contribution in [3.63, 3.8) is 0 Å². The van der Waals surface area contributed by atoms with Gasteiger partial charge in [-0.15, -0.1) is 11.3 Å². The molecular formula is C22H28O3S. The van der Waals surface area contributed by atoms with Crippen LogP contribution in [0.25, 0.3) is 0 Å². The molecule has 2 saturated carbocycles. The third kappa shape index (κ3) is 2.17. The second kappa shape index (κ2) is 5.67. The predicted molar refractivity (Wildman–Crippen MR) is 102 cm³/mol. The molecule has 4 heteroatoms. The van der Waals surface area contributed by atoms with Crippen molar-refractivity contribution in [1.82, 2.24) is 0 Å². The summed E-state index contributed by atoms with van der Waals surface area (Å²) in [6.45, 7) is 6.06. The Labute approximate surface area is 159 Å². The highest BCUT2D eigenvalue weighted by Crippen LogP contribution is 2.63. The highest BCUT2D eigenvalue weighted by molar-refractivity contribution is 7.12. The molecule has 0 N–H and O–H groups in total. The summed E-state index contributed by atoms with van der Waals surface area (Å²) >= 11 is 1.88. The SMILES string of the molecule is CC(=O)O[C@H]1CC[C@H]2[C@@H]3Cc4sc(C)c5c4[C@H](CCC5=O)[C@H]3CC[C@]12C. The average Bonchev–Trinajstić information content (AvgIpc) is 3.08. The molecular weight excluding hydrogens is 344 g/mol. The Balaban J connectivity index is 1.52. The van der Waals surface area contributed by atoms with Crippen molar-refractivity contribution in [3.05, 3.63) is 20.9 Å². The highest BCUT2D eigenvalue weighted by atomic mass is 32.1. The fraction of sp³-hybridized carbons (Fsp3) is 0.727. The molecule has 1 aromatic rings. The number of rotatable bonds is 1. The van der Waals surface area contributed by atoms with Crippen molar-refractivity contribution in [2.24, 2.45) is 23.2 Å². The molecule has 4 aliphatic carbocycles. The summed E-state index contributed by atoms with van der Waals surface area (Å²) in [5, 5.41) is 0. The molecule has 3 nitrogen and oxygen atoms in total. The first kappa shape index (κ1) is 17.0. The number of fused-ring (bicyclic) bond motifs is 4. The van der Waals surface area contributed by atoms with Gasteiger partial charge in [0.05, 0.1) is 0 Å². The molecule has 0 unspecified atom stereocenters. The van der Waals surface area contributed by atoms with Crippen LogP contribution < -0.4 is 0 Å². The molecule has 4 aliphatic rings. The van der Waals surface area contributed by atoms with Gasteiger partial charge in [-0.2, -0.15) is 0 Å². The van der Waals surface area contributed by atoms with Gasteiger partial charge in [0, 0.05) is 34.1 Å². The quantitative estimate of drug-likeness (QED) is 0.648. The Bertz CT molecular complexity index is 794. The van der Waals surface area contributed by atoms with Crippen molar-refractivity contribution in [3.8, 4) is 0 Å². The third-order valence-electron chi connectivity index (χ3n) is 8.18. The predicted octanol–water partition coefficient (Wildman–Crippen LogP) is 5.05. The molecule has 0 bridgehead atoms. The Morgan fingerprint density at radius 2 is 2.00 bits per heavy atom. The molecule has 1 aromatic heterocycles. The fourth-order valence-electron chi connectivity index (χ4n) is 7.16. The lowest BCUT2D eigenvalue weighted by atomic mass is 9.52. The standard InChI is InChI=1S/C22H28O3S/c1-11-20-17(24)6-4-14-13-8-9-22(3)16(5-7-19(22)25-12(2)23)15(13)10-18(26-11)21(14)20/h13-16,19H,4-10H2,1-3H3/t13-,14-,15-,16+,19+,22+/m1/s1. The largest absolute Gasteiger partial charge is 0.462 e. The molecule has 0 amide bonds. The van der Waals surface area contributed by atoms with Gasteiger partial charge < -0.3 is 4.74 Å². The molecule has 1 heterocycles. The summed E-state index contributed by atoms with van der Waals surface area (Å²) in [6.07, 6.45) is 7.62. The number of esters is 1. The maximum atomic E-state index is 12.5. The monoisotopic (exact) mass is 372 g/mol. The third-order valence-corrected chi connectivity index (χ3v) is 9.33. The van der Waals surface area contributed by atoms with E-state index >= 15 is 0 Å². The van der Waals surface area contributed by atoms with Crippen LogP contribution in [0, 0.1) is 30.1 Å². The molecule has 26 heavy (non-hydrogen) atoms. The normalized spacial score (nSPS) is 40.6. The van der Waals surface area contributed by atoms with Gasteiger partial charge in [-0.25, -0.2) is 0 Å². The Morgan fingerprint density at radius 3 is 2.77 bits per heavy atom. The number of hydrogen-bond acceptors (Lipinski definition) is 4. The molecule has 5 rings (SSSR count). The smallest absolute Gasteiger partial charge is 0.302 e. The van der Waals surface area contributed by atoms with E-state index in [1.54, 1.807) is 6.92 Å². The van der Waals surface area contributed by atoms with Gasteiger partial charge in [0.25, 0.3) is 0 Å². The van der Waals surface area contributed by atoms with E-state index in [0.29, 0.717) is 23.5 Å². The average molecular weight is 373 g/mol. The fourth-order valence-corrected chi connectivity index (χ4v) is 8.50. The van der Waals surface area contributed by atoms with Gasteiger partial charge in [0.15, 0.2) is 5.78 Å². The van der Waals surface area contributed by atoms with E-state index in [1.165, 1.54) is 28.2 Å². The van der Waals surface area contributed by atoms with E-state index in [4.69, 9.17) is 4.74 Å². The number of carbonyl (C=O) groups excluding carboxylic acids is 2. The van der Waals surface area contributed by atoms with Crippen molar-refractivity contribution in [1.29, 1.82) is 0 Å². The lowest BCUT2D eigenvalue weighted by Gasteiger charge is -2.52. The van der Waals surface area contributed by atoms with E-state index in [9.17, 15) is 9.59 Å². The summed E-state index contributed by atoms with van der Waals surface area (Å²) < 4.78 is 5.75. The van der Waals surface area contributed by atoms with Crippen LogP contribution in [0.4, 0.5) is 0 Å². The zero-order chi connectivity index (χ0) is 18.2. The maximum Gasteiger partial charge on any atom is 0.302 e. The molecule has 2 fully saturated rings. The number of hydrogen-bond donors (Lipinski definition) is 0. The number of carbonyl (C=O) groups is 2. The van der Waals surface area contributed by atoms with E-state index < -0.39 is 0 Å². The number of ketones is 1. The van der Waals surface area contributed by atoms with Gasteiger partial charge in [-0.3, -0.25) is 9.59 Å². The highest BCUT2D eigenvalue weighted by Gasteiger charge is 2.58. The van der Waals surface area contributed by atoms with Crippen LogP contribution in [0.1, 0.15) is 84.0 Å². The van der Waals surface area contributed by atoms with Gasteiger partial charge in [0.2, 0.25) is 0 Å². The van der Waals surface area contributed by atoms with E-state index in [-0.39, 0.29) is 17.5 Å². The first-order chi connectivity index (χ1) is 12.4. The second-order valence-corrected chi connectivity index (χ2v) is 10.6. The van der Waals surface area contributed by atoms with Crippen LogP contribution in [0.2, 0.25) is 0 Å². The van der Waals surface area contributed by atoms with E-state index in [0.717, 1.165) is 43.6 Å². The summed E-state index contributed by atoms with van der Waals surface area (Å²) in [7, 11) is 0. The van der Waals surface area contributed by atoms with E-state index in [1.807, 2.05) is 11.3 Å². The van der Waals surface area contributed by atoms with Gasteiger partial charge in [-0.1, -0.05) is 6.92 Å². The Hall–Kier alpha value is -1.16. The minimum absolute atomic E-state index is 0.0981. The summed E-state index contributed by atoms with van der Waals surface area (Å²) in [4.78, 5) is 26.8. The van der Waals surface area contributed by atoms with Crippen molar-refractivity contribution in [2.75, 3.05) is 0 Å². The first-order valence-electron chi connectivity index (χ1n) is 10.2. The topological polar surface area (TPSA) is 43.4 Å². The van der Waals surface area contributed by atoms with Crippen molar-refractivity contribution >= 4 is 23.1 Å². The van der Waals surface area contributed by atoms with Crippen LogP contribution in [0.5, 0.6) is 0 Å².